The van der Waals surface area contributed by atoms with Crippen molar-refractivity contribution in [1.82, 2.24) is 10.2 Å². The van der Waals surface area contributed by atoms with E-state index in [1.165, 1.54) is 11.3 Å². The van der Waals surface area contributed by atoms with Crippen LogP contribution in [0.1, 0.15) is 22.4 Å². The Kier molecular flexibility index (Phi) is 3.29. The lowest BCUT2D eigenvalue weighted by Gasteiger charge is -2.15. The van der Waals surface area contributed by atoms with Crippen molar-refractivity contribution in [3.63, 3.8) is 0 Å². The number of nitrogens with zero attached hydrogens (tertiary/aromatic N) is 2. The second-order valence-corrected chi connectivity index (χ2v) is 5.31. The molecule has 1 unspecified atom stereocenters. The van der Waals surface area contributed by atoms with Crippen molar-refractivity contribution in [1.29, 1.82) is 0 Å². The predicted octanol–water partition coefficient (Wildman–Crippen LogP) is 3.64. The molecule has 0 bridgehead atoms. The molecule has 5 heteroatoms. The van der Waals surface area contributed by atoms with Gasteiger partial charge in [0.1, 0.15) is 16.8 Å². The van der Waals surface area contributed by atoms with Crippen molar-refractivity contribution in [2.45, 2.75) is 13.0 Å². The van der Waals surface area contributed by atoms with Gasteiger partial charge >= 0.3 is 0 Å². The van der Waals surface area contributed by atoms with E-state index in [2.05, 4.69) is 27.6 Å². The number of aryl methyl sites for hydroxylation is 1. The summed E-state index contributed by atoms with van der Waals surface area (Å²) in [6.45, 7) is 1.94. The Bertz CT molecular complexity index is 634. The summed E-state index contributed by atoms with van der Waals surface area (Å²) in [6.07, 6.45) is 1.68. The van der Waals surface area contributed by atoms with Gasteiger partial charge in [0.05, 0.1) is 6.26 Å². The Balaban J connectivity index is 1.93. The highest BCUT2D eigenvalue weighted by molar-refractivity contribution is 7.15. The van der Waals surface area contributed by atoms with Crippen LogP contribution in [0.2, 0.25) is 0 Å². The molecule has 0 radical (unpaired) electrons. The Morgan fingerprint density at radius 2 is 1.95 bits per heavy atom. The van der Waals surface area contributed by atoms with E-state index in [1.807, 2.05) is 37.3 Å². The summed E-state index contributed by atoms with van der Waals surface area (Å²) in [7, 11) is 0. The minimum Gasteiger partial charge on any atom is -0.467 e. The molecule has 0 aliphatic rings. The number of aromatic nitrogens is 2. The van der Waals surface area contributed by atoms with Crippen LogP contribution in [0.5, 0.6) is 0 Å². The average Bonchev–Trinajstić information content (AvgIpc) is 3.08. The molecule has 19 heavy (non-hydrogen) atoms. The first-order valence-electron chi connectivity index (χ1n) is 5.98. The van der Waals surface area contributed by atoms with Crippen LogP contribution in [-0.4, -0.2) is 10.2 Å². The molecular weight excluding hydrogens is 258 g/mol. The highest BCUT2D eigenvalue weighted by atomic mass is 32.1. The van der Waals surface area contributed by atoms with E-state index in [1.54, 1.807) is 6.26 Å². The van der Waals surface area contributed by atoms with Crippen molar-refractivity contribution < 1.29 is 4.42 Å². The van der Waals surface area contributed by atoms with Crippen LogP contribution in [0, 0.1) is 6.92 Å². The molecule has 0 aliphatic carbocycles. The fourth-order valence-electron chi connectivity index (χ4n) is 1.90. The number of anilines is 1. The Morgan fingerprint density at radius 3 is 2.58 bits per heavy atom. The number of nitrogens with one attached hydrogen (secondary N) is 1. The van der Waals surface area contributed by atoms with Gasteiger partial charge in [-0.05, 0) is 24.6 Å². The summed E-state index contributed by atoms with van der Waals surface area (Å²) < 4.78 is 5.52. The fraction of sp³-hybridized carbons (Fsp3) is 0.143. The van der Waals surface area contributed by atoms with E-state index in [-0.39, 0.29) is 6.04 Å². The Morgan fingerprint density at radius 1 is 1.11 bits per heavy atom. The monoisotopic (exact) mass is 271 g/mol. The molecule has 96 valence electrons. The number of rotatable bonds is 4. The molecular formula is C14H13N3OS. The topological polar surface area (TPSA) is 51.0 Å². The first kappa shape index (κ1) is 11.9. The van der Waals surface area contributed by atoms with Gasteiger partial charge in [0.2, 0.25) is 5.13 Å². The maximum Gasteiger partial charge on any atom is 0.206 e. The zero-order valence-electron chi connectivity index (χ0n) is 10.4. The molecule has 0 spiro atoms. The third-order valence-corrected chi connectivity index (χ3v) is 3.52. The summed E-state index contributed by atoms with van der Waals surface area (Å²) in [4.78, 5) is 0. The standard InChI is InChI=1S/C14H13N3OS/c1-10-16-17-14(19-10)15-13(12-8-5-9-18-12)11-6-3-2-4-7-11/h2-9,13H,1H3,(H,15,17). The summed E-state index contributed by atoms with van der Waals surface area (Å²) >= 11 is 1.53. The van der Waals surface area contributed by atoms with Gasteiger partial charge in [0.25, 0.3) is 0 Å². The first-order chi connectivity index (χ1) is 9.33. The number of hydrogen-bond acceptors (Lipinski definition) is 5. The van der Waals surface area contributed by atoms with E-state index in [9.17, 15) is 0 Å². The van der Waals surface area contributed by atoms with Gasteiger partial charge in [-0.1, -0.05) is 41.7 Å². The van der Waals surface area contributed by atoms with Crippen molar-refractivity contribution in [2.24, 2.45) is 0 Å². The predicted molar refractivity (Wildman–Crippen MR) is 75.3 cm³/mol. The molecule has 3 aromatic rings. The van der Waals surface area contributed by atoms with E-state index >= 15 is 0 Å². The van der Waals surface area contributed by atoms with Gasteiger partial charge in [-0.25, -0.2) is 0 Å². The maximum atomic E-state index is 5.52. The quantitative estimate of drug-likeness (QED) is 0.787. The van der Waals surface area contributed by atoms with E-state index in [0.29, 0.717) is 0 Å². The zero-order valence-corrected chi connectivity index (χ0v) is 11.2. The summed E-state index contributed by atoms with van der Waals surface area (Å²) in [6, 6.07) is 13.9. The van der Waals surface area contributed by atoms with Crippen LogP contribution in [0.3, 0.4) is 0 Å². The highest BCUT2D eigenvalue weighted by Crippen LogP contribution is 2.28. The van der Waals surface area contributed by atoms with Crippen LogP contribution in [0.15, 0.2) is 53.1 Å². The van der Waals surface area contributed by atoms with E-state index in [0.717, 1.165) is 21.5 Å². The molecule has 0 fully saturated rings. The smallest absolute Gasteiger partial charge is 0.206 e. The molecule has 1 aromatic carbocycles. The molecule has 1 atom stereocenters. The van der Waals surface area contributed by atoms with Gasteiger partial charge in [-0.2, -0.15) is 0 Å². The van der Waals surface area contributed by atoms with E-state index < -0.39 is 0 Å². The molecule has 0 aliphatic heterocycles. The van der Waals surface area contributed by atoms with Crippen molar-refractivity contribution in [3.05, 3.63) is 65.1 Å². The number of hydrogen-bond donors (Lipinski definition) is 1. The van der Waals surface area contributed by atoms with Crippen LogP contribution in [0.4, 0.5) is 5.13 Å². The van der Waals surface area contributed by atoms with E-state index in [4.69, 9.17) is 4.42 Å². The SMILES string of the molecule is Cc1nnc(NC(c2ccccc2)c2ccco2)s1. The largest absolute Gasteiger partial charge is 0.467 e. The second kappa shape index (κ2) is 5.24. The summed E-state index contributed by atoms with van der Waals surface area (Å²) in [5, 5.41) is 13.2. The van der Waals surface area contributed by atoms with Crippen LogP contribution < -0.4 is 5.32 Å². The molecule has 4 nitrogen and oxygen atoms in total. The maximum absolute atomic E-state index is 5.52. The van der Waals surface area contributed by atoms with Gasteiger partial charge in [-0.15, -0.1) is 10.2 Å². The summed E-state index contributed by atoms with van der Waals surface area (Å²) in [5.41, 5.74) is 1.13. The third-order valence-electron chi connectivity index (χ3n) is 2.75. The van der Waals surface area contributed by atoms with Gasteiger partial charge in [-0.3, -0.25) is 0 Å². The first-order valence-corrected chi connectivity index (χ1v) is 6.79. The number of furan rings is 1. The highest BCUT2D eigenvalue weighted by Gasteiger charge is 2.18. The van der Waals surface area contributed by atoms with Crippen molar-refractivity contribution in [3.8, 4) is 0 Å². The molecule has 0 saturated heterocycles. The van der Waals surface area contributed by atoms with Crippen LogP contribution in [0.25, 0.3) is 0 Å². The molecule has 0 amide bonds. The van der Waals surface area contributed by atoms with Gasteiger partial charge in [0.15, 0.2) is 0 Å². The lowest BCUT2D eigenvalue weighted by molar-refractivity contribution is 0.499. The normalized spacial score (nSPS) is 12.3. The molecule has 2 aromatic heterocycles. The Labute approximate surface area is 115 Å². The lowest BCUT2D eigenvalue weighted by atomic mass is 10.1. The molecule has 0 saturated carbocycles. The molecule has 1 N–H and O–H groups in total. The van der Waals surface area contributed by atoms with Crippen LogP contribution in [-0.2, 0) is 0 Å². The van der Waals surface area contributed by atoms with Gasteiger partial charge in [0, 0.05) is 0 Å². The number of benzene rings is 1. The van der Waals surface area contributed by atoms with Crippen LogP contribution >= 0.6 is 11.3 Å². The fourth-order valence-corrected chi connectivity index (χ4v) is 2.52. The molecule has 3 rings (SSSR count). The zero-order chi connectivity index (χ0) is 13.1. The molecule has 2 heterocycles. The van der Waals surface area contributed by atoms with Crippen molar-refractivity contribution in [2.75, 3.05) is 5.32 Å². The average molecular weight is 271 g/mol. The lowest BCUT2D eigenvalue weighted by Crippen LogP contribution is -2.11. The van der Waals surface area contributed by atoms with Gasteiger partial charge < -0.3 is 9.73 Å². The second-order valence-electron chi connectivity index (χ2n) is 4.13. The third kappa shape index (κ3) is 2.66. The Hall–Kier alpha value is -2.14. The van der Waals surface area contributed by atoms with Crippen molar-refractivity contribution >= 4 is 16.5 Å². The minimum absolute atomic E-state index is 0.0523. The minimum atomic E-state index is -0.0523. The summed E-state index contributed by atoms with van der Waals surface area (Å²) in [5.74, 6) is 0.860.